The van der Waals surface area contributed by atoms with Crippen molar-refractivity contribution in [3.05, 3.63) is 29.8 Å². The van der Waals surface area contributed by atoms with Crippen LogP contribution in [0.25, 0.3) is 0 Å². The molecule has 1 amide bonds. The van der Waals surface area contributed by atoms with Crippen LogP contribution in [0, 0.1) is 5.92 Å². The van der Waals surface area contributed by atoms with Gasteiger partial charge in [-0.15, -0.1) is 0 Å². The molecular formula is C22H33NO6S. The first-order chi connectivity index (χ1) is 13.9. The molecule has 0 N–H and O–H groups in total. The van der Waals surface area contributed by atoms with E-state index >= 15 is 0 Å². The zero-order valence-electron chi connectivity index (χ0n) is 18.5. The van der Waals surface area contributed by atoms with E-state index in [1.54, 1.807) is 12.1 Å². The minimum atomic E-state index is -3.11. The highest BCUT2D eigenvalue weighted by Gasteiger charge is 2.35. The van der Waals surface area contributed by atoms with Crippen molar-refractivity contribution in [2.24, 2.45) is 5.92 Å². The standard InChI is InChI=1S/C22H33NO6S/c1-16(2)12-23(18-10-11-30(26,27)15-18)20(24)13-29-21(25)14-28-19-8-6-17(7-9-19)22(3,4)5/h6-9,16,18H,10-15H2,1-5H3/t18-/m0/s1. The topological polar surface area (TPSA) is 90.0 Å². The maximum Gasteiger partial charge on any atom is 0.344 e. The summed E-state index contributed by atoms with van der Waals surface area (Å²) in [6.07, 6.45) is 0.419. The molecule has 1 aromatic rings. The van der Waals surface area contributed by atoms with E-state index in [9.17, 15) is 18.0 Å². The van der Waals surface area contributed by atoms with Gasteiger partial charge < -0.3 is 14.4 Å². The summed E-state index contributed by atoms with van der Waals surface area (Å²) < 4.78 is 34.1. The molecule has 0 bridgehead atoms. The molecule has 30 heavy (non-hydrogen) atoms. The third kappa shape index (κ3) is 7.31. The predicted molar refractivity (Wildman–Crippen MR) is 115 cm³/mol. The summed E-state index contributed by atoms with van der Waals surface area (Å²) in [7, 11) is -3.11. The Labute approximate surface area is 179 Å². The second-order valence-corrected chi connectivity index (χ2v) is 11.4. The number of carbonyl (C=O) groups excluding carboxylic acids is 2. The number of esters is 1. The quantitative estimate of drug-likeness (QED) is 0.579. The summed E-state index contributed by atoms with van der Waals surface area (Å²) in [6.45, 7) is 9.94. The number of hydrogen-bond donors (Lipinski definition) is 0. The molecule has 0 saturated carbocycles. The molecule has 1 atom stereocenters. The molecule has 1 aromatic carbocycles. The molecule has 1 saturated heterocycles. The third-order valence-electron chi connectivity index (χ3n) is 4.97. The molecule has 7 nitrogen and oxygen atoms in total. The van der Waals surface area contributed by atoms with Crippen molar-refractivity contribution in [3.63, 3.8) is 0 Å². The highest BCUT2D eigenvalue weighted by Crippen LogP contribution is 2.24. The number of sulfone groups is 1. The first kappa shape index (κ1) is 24.2. The zero-order valence-corrected chi connectivity index (χ0v) is 19.3. The molecule has 1 aliphatic heterocycles. The Hall–Kier alpha value is -2.09. The fraction of sp³-hybridized carbons (Fsp3) is 0.636. The number of carbonyl (C=O) groups is 2. The Bertz CT molecular complexity index is 839. The van der Waals surface area contributed by atoms with Crippen LogP contribution < -0.4 is 4.74 Å². The van der Waals surface area contributed by atoms with Crippen LogP contribution in [0.15, 0.2) is 24.3 Å². The maximum atomic E-state index is 12.6. The van der Waals surface area contributed by atoms with Crippen LogP contribution in [0.5, 0.6) is 5.75 Å². The third-order valence-corrected chi connectivity index (χ3v) is 6.72. The summed E-state index contributed by atoms with van der Waals surface area (Å²) in [4.78, 5) is 26.1. The number of ether oxygens (including phenoxy) is 2. The number of amides is 1. The lowest BCUT2D eigenvalue weighted by Crippen LogP contribution is -2.45. The first-order valence-corrected chi connectivity index (χ1v) is 12.1. The van der Waals surface area contributed by atoms with Crippen molar-refractivity contribution in [2.45, 2.75) is 52.5 Å². The number of rotatable bonds is 8. The van der Waals surface area contributed by atoms with E-state index < -0.39 is 22.4 Å². The van der Waals surface area contributed by atoms with E-state index in [1.807, 2.05) is 26.0 Å². The van der Waals surface area contributed by atoms with Gasteiger partial charge in [0.2, 0.25) is 0 Å². The lowest BCUT2D eigenvalue weighted by Gasteiger charge is -2.29. The van der Waals surface area contributed by atoms with Gasteiger partial charge in [0.15, 0.2) is 23.1 Å². The summed E-state index contributed by atoms with van der Waals surface area (Å²) in [5.74, 6) is -0.259. The van der Waals surface area contributed by atoms with Crippen LogP contribution in [0.3, 0.4) is 0 Å². The Morgan fingerprint density at radius 2 is 1.77 bits per heavy atom. The largest absolute Gasteiger partial charge is 0.482 e. The normalized spacial score (nSPS) is 18.3. The second kappa shape index (κ2) is 9.81. The minimum absolute atomic E-state index is 0.0261. The van der Waals surface area contributed by atoms with Crippen LogP contribution in [0.2, 0.25) is 0 Å². The van der Waals surface area contributed by atoms with Crippen LogP contribution >= 0.6 is 0 Å². The van der Waals surface area contributed by atoms with E-state index in [0.717, 1.165) is 5.56 Å². The average Bonchev–Trinajstić information content (AvgIpc) is 3.01. The van der Waals surface area contributed by atoms with Gasteiger partial charge in [0.1, 0.15) is 5.75 Å². The Kier molecular flexibility index (Phi) is 7.91. The van der Waals surface area contributed by atoms with E-state index in [0.29, 0.717) is 18.7 Å². The van der Waals surface area contributed by atoms with Crippen LogP contribution in [0.1, 0.15) is 46.6 Å². The Balaban J connectivity index is 1.85. The molecule has 0 aromatic heterocycles. The van der Waals surface area contributed by atoms with E-state index in [2.05, 4.69) is 20.8 Å². The maximum absolute atomic E-state index is 12.6. The van der Waals surface area contributed by atoms with E-state index in [4.69, 9.17) is 9.47 Å². The van der Waals surface area contributed by atoms with Crippen LogP contribution in [-0.2, 0) is 29.6 Å². The van der Waals surface area contributed by atoms with Crippen molar-refractivity contribution in [3.8, 4) is 5.75 Å². The van der Waals surface area contributed by atoms with Crippen molar-refractivity contribution in [1.29, 1.82) is 0 Å². The fourth-order valence-corrected chi connectivity index (χ4v) is 5.06. The smallest absolute Gasteiger partial charge is 0.344 e. The predicted octanol–water partition coefficient (Wildman–Crippen LogP) is 2.58. The van der Waals surface area contributed by atoms with E-state index in [1.165, 1.54) is 4.90 Å². The van der Waals surface area contributed by atoms with Gasteiger partial charge in [0, 0.05) is 12.6 Å². The number of nitrogens with zero attached hydrogens (tertiary/aromatic N) is 1. The summed E-state index contributed by atoms with van der Waals surface area (Å²) in [5.41, 5.74) is 1.18. The van der Waals surface area contributed by atoms with Crippen molar-refractivity contribution in [1.82, 2.24) is 4.90 Å². The van der Waals surface area contributed by atoms with Gasteiger partial charge in [0.05, 0.1) is 11.5 Å². The minimum Gasteiger partial charge on any atom is -0.482 e. The fourth-order valence-electron chi connectivity index (χ4n) is 3.33. The van der Waals surface area contributed by atoms with Crippen LogP contribution in [-0.4, -0.2) is 62.5 Å². The molecule has 8 heteroatoms. The first-order valence-electron chi connectivity index (χ1n) is 10.3. The van der Waals surface area contributed by atoms with Gasteiger partial charge in [-0.05, 0) is 35.4 Å². The Morgan fingerprint density at radius 1 is 1.13 bits per heavy atom. The van der Waals surface area contributed by atoms with Crippen LogP contribution in [0.4, 0.5) is 0 Å². The SMILES string of the molecule is CC(C)CN(C(=O)COC(=O)COc1ccc(C(C)(C)C)cc1)[C@H]1CCS(=O)(=O)C1. The molecule has 1 heterocycles. The van der Waals surface area contributed by atoms with Gasteiger partial charge in [-0.1, -0.05) is 46.8 Å². The van der Waals surface area contributed by atoms with Gasteiger partial charge >= 0.3 is 5.97 Å². The molecule has 1 aliphatic rings. The molecule has 168 valence electrons. The summed E-state index contributed by atoms with van der Waals surface area (Å²) in [5, 5.41) is 0. The summed E-state index contributed by atoms with van der Waals surface area (Å²) in [6, 6.07) is 7.13. The molecule has 1 fully saturated rings. The molecule has 2 rings (SSSR count). The highest BCUT2D eigenvalue weighted by atomic mass is 32.2. The molecular weight excluding hydrogens is 406 g/mol. The monoisotopic (exact) mass is 439 g/mol. The number of benzene rings is 1. The van der Waals surface area contributed by atoms with Gasteiger partial charge in [0.25, 0.3) is 5.91 Å². The Morgan fingerprint density at radius 3 is 2.27 bits per heavy atom. The number of hydrogen-bond acceptors (Lipinski definition) is 6. The molecule has 0 unspecified atom stereocenters. The average molecular weight is 440 g/mol. The van der Waals surface area contributed by atoms with Crippen molar-refractivity contribution < 1.29 is 27.5 Å². The van der Waals surface area contributed by atoms with Gasteiger partial charge in [-0.2, -0.15) is 0 Å². The lowest BCUT2D eigenvalue weighted by molar-refractivity contribution is -0.154. The zero-order chi connectivity index (χ0) is 22.5. The highest BCUT2D eigenvalue weighted by molar-refractivity contribution is 7.91. The molecule has 0 aliphatic carbocycles. The lowest BCUT2D eigenvalue weighted by atomic mass is 9.87. The second-order valence-electron chi connectivity index (χ2n) is 9.22. The summed E-state index contributed by atoms with van der Waals surface area (Å²) >= 11 is 0. The van der Waals surface area contributed by atoms with Crippen molar-refractivity contribution in [2.75, 3.05) is 31.3 Å². The van der Waals surface area contributed by atoms with Gasteiger partial charge in [-0.3, -0.25) is 4.79 Å². The van der Waals surface area contributed by atoms with Gasteiger partial charge in [-0.25, -0.2) is 13.2 Å². The molecule has 0 radical (unpaired) electrons. The van der Waals surface area contributed by atoms with E-state index in [-0.39, 0.29) is 41.4 Å². The molecule has 0 spiro atoms. The van der Waals surface area contributed by atoms with Crippen molar-refractivity contribution >= 4 is 21.7 Å².